The molecule has 34 heavy (non-hydrogen) atoms. The summed E-state index contributed by atoms with van der Waals surface area (Å²) in [5.41, 5.74) is 1.79. The Morgan fingerprint density at radius 3 is 2.09 bits per heavy atom. The maximum atomic E-state index is 12.7. The van der Waals surface area contributed by atoms with Crippen molar-refractivity contribution in [2.45, 2.75) is 50.9 Å². The molecule has 1 aliphatic rings. The lowest BCUT2D eigenvalue weighted by Crippen LogP contribution is -2.49. The first-order valence-corrected chi connectivity index (χ1v) is 12.0. The molecule has 1 heterocycles. The van der Waals surface area contributed by atoms with Gasteiger partial charge in [0.15, 0.2) is 0 Å². The van der Waals surface area contributed by atoms with E-state index in [2.05, 4.69) is 23.3 Å². The van der Waals surface area contributed by atoms with E-state index in [1.54, 1.807) is 24.3 Å². The fourth-order valence-corrected chi connectivity index (χ4v) is 4.15. The number of benzene rings is 2. The molecule has 1 aliphatic heterocycles. The van der Waals surface area contributed by atoms with Crippen LogP contribution in [0.15, 0.2) is 54.6 Å². The smallest absolute Gasteiger partial charge is 0.261 e. The van der Waals surface area contributed by atoms with Gasteiger partial charge in [0.25, 0.3) is 11.8 Å². The Bertz CT molecular complexity index is 1010. The average Bonchev–Trinajstić information content (AvgIpc) is 3.07. The van der Waals surface area contributed by atoms with E-state index >= 15 is 0 Å². The maximum absolute atomic E-state index is 12.7. The van der Waals surface area contributed by atoms with Gasteiger partial charge in [-0.1, -0.05) is 56.3 Å². The molecule has 180 valence electrons. The molecule has 2 aromatic carbocycles. The van der Waals surface area contributed by atoms with Crippen LogP contribution in [-0.2, 0) is 16.1 Å². The largest absolute Gasteiger partial charge is 0.350 e. The molecule has 0 aromatic heterocycles. The van der Waals surface area contributed by atoms with Crippen molar-refractivity contribution in [2.24, 2.45) is 5.92 Å². The zero-order chi connectivity index (χ0) is 24.7. The third kappa shape index (κ3) is 6.47. The van der Waals surface area contributed by atoms with Gasteiger partial charge >= 0.3 is 0 Å². The first-order valence-electron chi connectivity index (χ1n) is 11.5. The zero-order valence-corrected chi connectivity index (χ0v) is 20.4. The van der Waals surface area contributed by atoms with Gasteiger partial charge in [0.05, 0.1) is 16.4 Å². The second-order valence-electron chi connectivity index (χ2n) is 8.86. The Kier molecular flexibility index (Phi) is 8.87. The minimum absolute atomic E-state index is 0.208. The highest BCUT2D eigenvalue weighted by atomic mass is 32.1. The Morgan fingerprint density at radius 1 is 0.912 bits per heavy atom. The lowest BCUT2D eigenvalue weighted by molar-refractivity contribution is -0.129. The molecule has 0 saturated heterocycles. The molecule has 0 saturated carbocycles. The number of hydrogen-bond donors (Lipinski definition) is 3. The van der Waals surface area contributed by atoms with Crippen LogP contribution >= 0.6 is 12.6 Å². The molecular weight excluding hydrogens is 450 g/mol. The molecule has 2 N–H and O–H groups in total. The quantitative estimate of drug-likeness (QED) is 0.339. The second-order valence-corrected chi connectivity index (χ2v) is 9.48. The minimum atomic E-state index is -0.665. The van der Waals surface area contributed by atoms with Crippen LogP contribution in [0.2, 0.25) is 0 Å². The first-order chi connectivity index (χ1) is 16.3. The molecule has 7 nitrogen and oxygen atoms in total. The van der Waals surface area contributed by atoms with Gasteiger partial charge in [0.2, 0.25) is 11.8 Å². The summed E-state index contributed by atoms with van der Waals surface area (Å²) in [7, 11) is 0. The van der Waals surface area contributed by atoms with E-state index in [0.29, 0.717) is 36.9 Å². The average molecular weight is 482 g/mol. The number of nitrogens with zero attached hydrogens (tertiary/aromatic N) is 1. The van der Waals surface area contributed by atoms with Gasteiger partial charge in [-0.25, -0.2) is 0 Å². The Hall–Kier alpha value is -3.13. The maximum Gasteiger partial charge on any atom is 0.261 e. The van der Waals surface area contributed by atoms with Crippen molar-refractivity contribution >= 4 is 36.3 Å². The lowest BCUT2D eigenvalue weighted by Gasteiger charge is -2.22. The molecule has 0 radical (unpaired) electrons. The van der Waals surface area contributed by atoms with E-state index in [9.17, 15) is 19.2 Å². The second kappa shape index (κ2) is 11.8. The number of imide groups is 1. The number of carbonyl (C=O) groups excluding carboxylic acids is 4. The van der Waals surface area contributed by atoms with Crippen LogP contribution in [0.3, 0.4) is 0 Å². The van der Waals surface area contributed by atoms with Crippen LogP contribution < -0.4 is 10.6 Å². The highest BCUT2D eigenvalue weighted by Crippen LogP contribution is 2.23. The van der Waals surface area contributed by atoms with Crippen molar-refractivity contribution < 1.29 is 19.2 Å². The molecule has 3 rings (SSSR count). The monoisotopic (exact) mass is 481 g/mol. The van der Waals surface area contributed by atoms with Crippen LogP contribution in [-0.4, -0.2) is 46.4 Å². The molecule has 0 bridgehead atoms. The first kappa shape index (κ1) is 25.5. The van der Waals surface area contributed by atoms with Crippen molar-refractivity contribution in [1.82, 2.24) is 15.5 Å². The van der Waals surface area contributed by atoms with E-state index < -0.39 is 11.3 Å². The van der Waals surface area contributed by atoms with Crippen molar-refractivity contribution in [3.63, 3.8) is 0 Å². The fraction of sp³-hybridized carbons (Fsp3) is 0.385. The highest BCUT2D eigenvalue weighted by molar-refractivity contribution is 7.81. The predicted octanol–water partition coefficient (Wildman–Crippen LogP) is 3.21. The molecule has 2 aromatic rings. The number of thiol groups is 1. The summed E-state index contributed by atoms with van der Waals surface area (Å²) < 4.78 is 0. The summed E-state index contributed by atoms with van der Waals surface area (Å²) in [5.74, 6) is -0.996. The summed E-state index contributed by atoms with van der Waals surface area (Å²) in [5, 5.41) is 5.05. The van der Waals surface area contributed by atoms with E-state index in [0.717, 1.165) is 5.56 Å². The normalized spacial score (nSPS) is 14.6. The molecule has 4 amide bonds. The van der Waals surface area contributed by atoms with E-state index in [1.165, 1.54) is 4.90 Å². The predicted molar refractivity (Wildman–Crippen MR) is 133 cm³/mol. The van der Waals surface area contributed by atoms with Crippen LogP contribution in [0.4, 0.5) is 0 Å². The lowest BCUT2D eigenvalue weighted by atomic mass is 10.0. The molecule has 0 spiro atoms. The standard InChI is InChI=1S/C26H31N3O4S/c1-17(2)15-21(23(30)27-16-18-9-4-3-5-10-18)28-24(31)22(34)13-8-14-29-25(32)19-11-6-7-12-20(19)26(29)33/h3-7,9-12,17,21-22,34H,8,13-16H2,1-2H3,(H,27,30)(H,28,31)/t21-,22?/m0/s1. The Balaban J connectivity index is 1.49. The Morgan fingerprint density at radius 2 is 1.50 bits per heavy atom. The molecular formula is C26H31N3O4S. The number of amides is 4. The fourth-order valence-electron chi connectivity index (χ4n) is 3.90. The molecule has 2 atom stereocenters. The summed E-state index contributed by atoms with van der Waals surface area (Å²) in [6, 6.07) is 15.6. The van der Waals surface area contributed by atoms with Crippen molar-refractivity contribution in [2.75, 3.05) is 6.54 Å². The number of hydrogen-bond acceptors (Lipinski definition) is 5. The SMILES string of the molecule is CC(C)C[C@H](NC(=O)C(S)CCCN1C(=O)c2ccccc2C1=O)C(=O)NCc1ccccc1. The highest BCUT2D eigenvalue weighted by Gasteiger charge is 2.34. The summed E-state index contributed by atoms with van der Waals surface area (Å²) in [6.45, 7) is 4.58. The number of nitrogens with one attached hydrogen (secondary N) is 2. The zero-order valence-electron chi connectivity index (χ0n) is 19.5. The van der Waals surface area contributed by atoms with Crippen molar-refractivity contribution in [3.05, 3.63) is 71.3 Å². The summed E-state index contributed by atoms with van der Waals surface area (Å²) in [6.07, 6.45) is 1.30. The molecule has 0 aliphatic carbocycles. The van der Waals surface area contributed by atoms with Gasteiger partial charge in [0.1, 0.15) is 6.04 Å². The molecule has 0 fully saturated rings. The van der Waals surface area contributed by atoms with Gasteiger partial charge in [0, 0.05) is 13.1 Å². The van der Waals surface area contributed by atoms with Crippen LogP contribution in [0.1, 0.15) is 59.4 Å². The van der Waals surface area contributed by atoms with E-state index in [1.807, 2.05) is 44.2 Å². The number of rotatable bonds is 11. The number of carbonyl (C=O) groups is 4. The van der Waals surface area contributed by atoms with Crippen LogP contribution in [0.25, 0.3) is 0 Å². The van der Waals surface area contributed by atoms with Crippen LogP contribution in [0.5, 0.6) is 0 Å². The minimum Gasteiger partial charge on any atom is -0.350 e. The number of fused-ring (bicyclic) bond motifs is 1. The molecule has 1 unspecified atom stereocenters. The van der Waals surface area contributed by atoms with Gasteiger partial charge < -0.3 is 10.6 Å². The van der Waals surface area contributed by atoms with Crippen LogP contribution in [0, 0.1) is 5.92 Å². The van der Waals surface area contributed by atoms with Gasteiger partial charge in [-0.2, -0.15) is 12.6 Å². The summed E-state index contributed by atoms with van der Waals surface area (Å²) >= 11 is 4.41. The van der Waals surface area contributed by atoms with Crippen molar-refractivity contribution in [1.29, 1.82) is 0 Å². The van der Waals surface area contributed by atoms with Gasteiger partial charge in [-0.05, 0) is 42.9 Å². The van der Waals surface area contributed by atoms with E-state index in [4.69, 9.17) is 0 Å². The van der Waals surface area contributed by atoms with Gasteiger partial charge in [-0.3, -0.25) is 24.1 Å². The third-order valence-corrected chi connectivity index (χ3v) is 6.18. The summed E-state index contributed by atoms with van der Waals surface area (Å²) in [4.78, 5) is 51.6. The van der Waals surface area contributed by atoms with Crippen molar-refractivity contribution in [3.8, 4) is 0 Å². The van der Waals surface area contributed by atoms with E-state index in [-0.39, 0.29) is 36.1 Å². The third-order valence-electron chi connectivity index (χ3n) is 5.69. The Labute approximate surface area is 205 Å². The topological polar surface area (TPSA) is 95.6 Å². The van der Waals surface area contributed by atoms with Gasteiger partial charge in [-0.15, -0.1) is 0 Å². The molecule has 8 heteroatoms.